The molecule has 1 nitrogen and oxygen atoms in total. The first-order valence-corrected chi connectivity index (χ1v) is 7.13. The van der Waals surface area contributed by atoms with Gasteiger partial charge in [-0.1, -0.05) is 49.7 Å². The minimum atomic E-state index is -0.267. The van der Waals surface area contributed by atoms with Crippen LogP contribution in [-0.2, 0) is 6.54 Å². The molecule has 20 heavy (non-hydrogen) atoms. The maximum atomic E-state index is 13.4. The van der Waals surface area contributed by atoms with Gasteiger partial charge in [-0.05, 0) is 35.7 Å². The Morgan fingerprint density at radius 3 is 2.40 bits per heavy atom. The molecule has 0 amide bonds. The van der Waals surface area contributed by atoms with Gasteiger partial charge in [0.2, 0.25) is 0 Å². The Kier molecular flexibility index (Phi) is 4.79. The first kappa shape index (κ1) is 15.0. The van der Waals surface area contributed by atoms with Crippen LogP contribution < -0.4 is 5.32 Å². The molecule has 0 saturated carbocycles. The summed E-state index contributed by atoms with van der Waals surface area (Å²) in [4.78, 5) is 0. The highest BCUT2D eigenvalue weighted by Crippen LogP contribution is 2.30. The molecule has 0 saturated heterocycles. The summed E-state index contributed by atoms with van der Waals surface area (Å²) >= 11 is 6.13. The van der Waals surface area contributed by atoms with E-state index >= 15 is 0 Å². The van der Waals surface area contributed by atoms with E-state index in [0.29, 0.717) is 16.6 Å². The predicted octanol–water partition coefficient (Wildman–Crippen LogP) is 4.95. The van der Waals surface area contributed by atoms with Crippen molar-refractivity contribution in [1.29, 1.82) is 0 Å². The van der Waals surface area contributed by atoms with Gasteiger partial charge in [0, 0.05) is 18.2 Å². The normalized spacial score (nSPS) is 11.1. The molecule has 0 fully saturated rings. The highest BCUT2D eigenvalue weighted by atomic mass is 35.5. The SMILES string of the molecule is Cc1cc(-c2ccc(CNC(C)C)cc2)c(Cl)cc1F. The lowest BCUT2D eigenvalue weighted by Gasteiger charge is -2.10. The molecule has 0 aliphatic rings. The second-order valence-electron chi connectivity index (χ2n) is 5.31. The summed E-state index contributed by atoms with van der Waals surface area (Å²) in [5.41, 5.74) is 3.70. The zero-order chi connectivity index (χ0) is 14.7. The van der Waals surface area contributed by atoms with Crippen molar-refractivity contribution in [3.8, 4) is 11.1 Å². The topological polar surface area (TPSA) is 12.0 Å². The molecule has 0 radical (unpaired) electrons. The van der Waals surface area contributed by atoms with Crippen molar-refractivity contribution in [2.45, 2.75) is 33.4 Å². The van der Waals surface area contributed by atoms with E-state index < -0.39 is 0 Å². The van der Waals surface area contributed by atoms with Crippen LogP contribution in [0.4, 0.5) is 4.39 Å². The molecule has 0 bridgehead atoms. The fourth-order valence-corrected chi connectivity index (χ4v) is 2.26. The predicted molar refractivity (Wildman–Crippen MR) is 83.6 cm³/mol. The molecule has 0 spiro atoms. The summed E-state index contributed by atoms with van der Waals surface area (Å²) in [6.07, 6.45) is 0. The summed E-state index contributed by atoms with van der Waals surface area (Å²) in [6, 6.07) is 11.8. The smallest absolute Gasteiger partial charge is 0.127 e. The van der Waals surface area contributed by atoms with E-state index in [1.165, 1.54) is 11.6 Å². The number of aryl methyl sites for hydroxylation is 1. The number of nitrogens with one attached hydrogen (secondary N) is 1. The van der Waals surface area contributed by atoms with Crippen LogP contribution in [0.15, 0.2) is 36.4 Å². The van der Waals surface area contributed by atoms with Crippen molar-refractivity contribution in [2.24, 2.45) is 0 Å². The fraction of sp³-hybridized carbons (Fsp3) is 0.294. The number of hydrogen-bond donors (Lipinski definition) is 1. The Balaban J connectivity index is 2.24. The second kappa shape index (κ2) is 6.38. The molecule has 1 N–H and O–H groups in total. The summed E-state index contributed by atoms with van der Waals surface area (Å²) in [5, 5.41) is 3.82. The highest BCUT2D eigenvalue weighted by Gasteiger charge is 2.08. The lowest BCUT2D eigenvalue weighted by molar-refractivity contribution is 0.589. The quantitative estimate of drug-likeness (QED) is 0.840. The van der Waals surface area contributed by atoms with Gasteiger partial charge in [-0.25, -0.2) is 4.39 Å². The molecule has 2 aromatic carbocycles. The van der Waals surface area contributed by atoms with Crippen LogP contribution >= 0.6 is 11.6 Å². The summed E-state index contributed by atoms with van der Waals surface area (Å²) in [6.45, 7) is 6.83. The van der Waals surface area contributed by atoms with Crippen LogP contribution in [0.1, 0.15) is 25.0 Å². The summed E-state index contributed by atoms with van der Waals surface area (Å²) < 4.78 is 13.4. The van der Waals surface area contributed by atoms with Gasteiger partial charge in [-0.2, -0.15) is 0 Å². The van der Waals surface area contributed by atoms with E-state index in [1.807, 2.05) is 12.1 Å². The standard InChI is InChI=1S/C17H19ClFN/c1-11(2)20-10-13-4-6-14(7-5-13)15-8-12(3)17(19)9-16(15)18/h4-9,11,20H,10H2,1-3H3. The molecule has 2 aromatic rings. The van der Waals surface area contributed by atoms with Crippen molar-refractivity contribution in [3.05, 3.63) is 58.4 Å². The Bertz CT molecular complexity index is 591. The summed E-state index contributed by atoms with van der Waals surface area (Å²) in [5.74, 6) is -0.267. The second-order valence-corrected chi connectivity index (χ2v) is 5.72. The third-order valence-corrected chi connectivity index (χ3v) is 3.54. The first-order chi connectivity index (χ1) is 9.47. The molecule has 3 heteroatoms. The van der Waals surface area contributed by atoms with Crippen LogP contribution in [0.2, 0.25) is 5.02 Å². The number of benzene rings is 2. The molecule has 0 unspecified atom stereocenters. The maximum absolute atomic E-state index is 13.4. The third kappa shape index (κ3) is 3.59. The largest absolute Gasteiger partial charge is 0.310 e. The average Bonchev–Trinajstić information content (AvgIpc) is 2.41. The van der Waals surface area contributed by atoms with Gasteiger partial charge < -0.3 is 5.32 Å². The Labute approximate surface area is 124 Å². The van der Waals surface area contributed by atoms with Crippen LogP contribution in [0.3, 0.4) is 0 Å². The van der Waals surface area contributed by atoms with Gasteiger partial charge in [0.25, 0.3) is 0 Å². The van der Waals surface area contributed by atoms with Crippen molar-refractivity contribution in [2.75, 3.05) is 0 Å². The third-order valence-electron chi connectivity index (χ3n) is 3.23. The number of hydrogen-bond acceptors (Lipinski definition) is 1. The lowest BCUT2D eigenvalue weighted by atomic mass is 10.0. The Hall–Kier alpha value is -1.38. The monoisotopic (exact) mass is 291 g/mol. The van der Waals surface area contributed by atoms with Crippen molar-refractivity contribution in [1.82, 2.24) is 5.32 Å². The zero-order valence-electron chi connectivity index (χ0n) is 12.0. The van der Waals surface area contributed by atoms with Crippen LogP contribution in [-0.4, -0.2) is 6.04 Å². The summed E-state index contributed by atoms with van der Waals surface area (Å²) in [7, 11) is 0. The fourth-order valence-electron chi connectivity index (χ4n) is 2.00. The average molecular weight is 292 g/mol. The molecular formula is C17H19ClFN. The zero-order valence-corrected chi connectivity index (χ0v) is 12.8. The van der Waals surface area contributed by atoms with E-state index in [4.69, 9.17) is 11.6 Å². The molecule has 0 aromatic heterocycles. The van der Waals surface area contributed by atoms with Crippen LogP contribution in [0.5, 0.6) is 0 Å². The van der Waals surface area contributed by atoms with Crippen LogP contribution in [0.25, 0.3) is 11.1 Å². The molecule has 106 valence electrons. The Morgan fingerprint density at radius 2 is 1.80 bits per heavy atom. The molecule has 0 aliphatic heterocycles. The van der Waals surface area contributed by atoms with Gasteiger partial charge in [0.1, 0.15) is 5.82 Å². The van der Waals surface area contributed by atoms with Crippen molar-refractivity contribution in [3.63, 3.8) is 0 Å². The first-order valence-electron chi connectivity index (χ1n) is 6.75. The maximum Gasteiger partial charge on any atom is 0.127 e. The minimum absolute atomic E-state index is 0.267. The van der Waals surface area contributed by atoms with Gasteiger partial charge in [-0.15, -0.1) is 0 Å². The molecule has 0 heterocycles. The van der Waals surface area contributed by atoms with Crippen molar-refractivity contribution >= 4 is 11.6 Å². The number of rotatable bonds is 4. The van der Waals surface area contributed by atoms with E-state index in [2.05, 4.69) is 31.3 Å². The molecule has 0 aliphatic carbocycles. The van der Waals surface area contributed by atoms with E-state index in [1.54, 1.807) is 13.0 Å². The van der Waals surface area contributed by atoms with Gasteiger partial charge in [-0.3, -0.25) is 0 Å². The van der Waals surface area contributed by atoms with E-state index in [0.717, 1.165) is 17.7 Å². The van der Waals surface area contributed by atoms with Gasteiger partial charge in [0.05, 0.1) is 5.02 Å². The van der Waals surface area contributed by atoms with E-state index in [9.17, 15) is 4.39 Å². The van der Waals surface area contributed by atoms with Crippen LogP contribution in [0, 0.1) is 12.7 Å². The van der Waals surface area contributed by atoms with E-state index in [-0.39, 0.29) is 5.82 Å². The lowest BCUT2D eigenvalue weighted by Crippen LogP contribution is -2.21. The molecule has 2 rings (SSSR count). The molecule has 0 atom stereocenters. The molecular weight excluding hydrogens is 273 g/mol. The number of halogens is 2. The minimum Gasteiger partial charge on any atom is -0.310 e. The van der Waals surface area contributed by atoms with Gasteiger partial charge in [0.15, 0.2) is 0 Å². The van der Waals surface area contributed by atoms with Gasteiger partial charge >= 0.3 is 0 Å². The highest BCUT2D eigenvalue weighted by molar-refractivity contribution is 6.33. The Morgan fingerprint density at radius 1 is 1.15 bits per heavy atom. The van der Waals surface area contributed by atoms with Crippen molar-refractivity contribution < 1.29 is 4.39 Å².